The first-order valence-electron chi connectivity index (χ1n) is 13.0. The van der Waals surface area contributed by atoms with E-state index in [1.807, 2.05) is 61.5 Å². The third kappa shape index (κ3) is 4.56. The summed E-state index contributed by atoms with van der Waals surface area (Å²) in [5.74, 6) is 0.148. The molecule has 2 aliphatic rings. The number of nitrogens with zero attached hydrogens (tertiary/aromatic N) is 2. The summed E-state index contributed by atoms with van der Waals surface area (Å²) in [5.41, 5.74) is 1.95. The minimum atomic E-state index is -0.978. The van der Waals surface area contributed by atoms with Gasteiger partial charge in [0.05, 0.1) is 37.7 Å². The maximum Gasteiger partial charge on any atom is 0.266 e. The molecule has 8 heteroatoms. The van der Waals surface area contributed by atoms with Crippen LogP contribution in [0.15, 0.2) is 72.8 Å². The average molecular weight is 517 g/mol. The van der Waals surface area contributed by atoms with Crippen LogP contribution >= 0.6 is 0 Å². The van der Waals surface area contributed by atoms with E-state index < -0.39 is 24.0 Å². The van der Waals surface area contributed by atoms with Gasteiger partial charge in [0.15, 0.2) is 17.6 Å². The van der Waals surface area contributed by atoms with Gasteiger partial charge in [-0.1, -0.05) is 49.7 Å². The molecule has 0 bridgehead atoms. The van der Waals surface area contributed by atoms with E-state index in [-0.39, 0.29) is 5.91 Å². The molecule has 5 rings (SSSR count). The van der Waals surface area contributed by atoms with Crippen LogP contribution in [0.1, 0.15) is 38.3 Å². The first-order valence-corrected chi connectivity index (χ1v) is 13.0. The fourth-order valence-electron chi connectivity index (χ4n) is 5.02. The number of hydrogen-bond acceptors (Lipinski definition) is 7. The smallest absolute Gasteiger partial charge is 0.266 e. The van der Waals surface area contributed by atoms with Gasteiger partial charge in [0.1, 0.15) is 11.7 Å². The van der Waals surface area contributed by atoms with Crippen LogP contribution in [0.2, 0.25) is 0 Å². The van der Waals surface area contributed by atoms with E-state index in [9.17, 15) is 9.59 Å². The van der Waals surface area contributed by atoms with Crippen molar-refractivity contribution in [2.75, 3.05) is 30.3 Å². The van der Waals surface area contributed by atoms with Gasteiger partial charge in [0, 0.05) is 0 Å². The van der Waals surface area contributed by atoms with Crippen LogP contribution in [-0.2, 0) is 14.4 Å². The Hall–Kier alpha value is -4.04. The second kappa shape index (κ2) is 11.1. The molecule has 0 saturated carbocycles. The fraction of sp³-hybridized carbons (Fsp3) is 0.333. The van der Waals surface area contributed by atoms with Crippen LogP contribution in [0.5, 0.6) is 17.2 Å². The van der Waals surface area contributed by atoms with E-state index in [0.717, 1.165) is 24.1 Å². The predicted octanol–water partition coefficient (Wildman–Crippen LogP) is 5.32. The summed E-state index contributed by atoms with van der Waals surface area (Å²) in [5, 5.41) is 1.67. The second-order valence-corrected chi connectivity index (χ2v) is 9.18. The molecule has 0 aliphatic carbocycles. The quantitative estimate of drug-likeness (QED) is 0.266. The number of unbranched alkanes of at least 4 members (excludes halogenated alkanes) is 1. The summed E-state index contributed by atoms with van der Waals surface area (Å²) in [6.07, 6.45) is 0.977. The SMILES string of the molecule is CCCCOc1ccc([C@@H]2[C@@H]3C(=O)N(c4ccccc4OCC)C(=O)[C@@H]3ON2c2ccccc2)cc1OC. The number of methoxy groups -OCH3 is 1. The Morgan fingerprint density at radius 2 is 1.61 bits per heavy atom. The molecule has 0 unspecified atom stereocenters. The topological polar surface area (TPSA) is 77.5 Å². The zero-order valence-corrected chi connectivity index (χ0v) is 21.8. The minimum absolute atomic E-state index is 0.335. The number of hydrogen-bond donors (Lipinski definition) is 0. The third-order valence-electron chi connectivity index (χ3n) is 6.82. The molecule has 38 heavy (non-hydrogen) atoms. The highest BCUT2D eigenvalue weighted by Crippen LogP contribution is 2.49. The number of carbonyl (C=O) groups excluding carboxylic acids is 2. The van der Waals surface area contributed by atoms with E-state index in [0.29, 0.717) is 36.1 Å². The normalized spacial score (nSPS) is 20.6. The first kappa shape index (κ1) is 25.6. The highest BCUT2D eigenvalue weighted by molar-refractivity contribution is 6.24. The lowest BCUT2D eigenvalue weighted by atomic mass is 9.90. The number of hydroxylamine groups is 1. The van der Waals surface area contributed by atoms with E-state index in [2.05, 4.69) is 6.92 Å². The van der Waals surface area contributed by atoms with Crippen LogP contribution in [0.4, 0.5) is 11.4 Å². The van der Waals surface area contributed by atoms with Crippen molar-refractivity contribution in [3.8, 4) is 17.2 Å². The summed E-state index contributed by atoms with van der Waals surface area (Å²) in [7, 11) is 1.59. The van der Waals surface area contributed by atoms with E-state index in [4.69, 9.17) is 19.0 Å². The largest absolute Gasteiger partial charge is 0.493 e. The van der Waals surface area contributed by atoms with Gasteiger partial charge in [-0.2, -0.15) is 0 Å². The van der Waals surface area contributed by atoms with Crippen molar-refractivity contribution in [2.24, 2.45) is 5.92 Å². The Kier molecular flexibility index (Phi) is 7.51. The molecule has 3 aromatic carbocycles. The molecule has 2 saturated heterocycles. The highest BCUT2D eigenvalue weighted by Gasteiger charge is 2.60. The number of benzene rings is 3. The molecular formula is C30H32N2O6. The van der Waals surface area contributed by atoms with Gasteiger partial charge in [0.2, 0.25) is 5.91 Å². The molecule has 2 fully saturated rings. The van der Waals surface area contributed by atoms with Gasteiger partial charge in [-0.05, 0) is 55.3 Å². The molecule has 0 aromatic heterocycles. The second-order valence-electron chi connectivity index (χ2n) is 9.18. The van der Waals surface area contributed by atoms with Crippen molar-refractivity contribution < 1.29 is 28.6 Å². The average Bonchev–Trinajstić information content (AvgIpc) is 3.45. The van der Waals surface area contributed by atoms with Crippen molar-refractivity contribution in [3.63, 3.8) is 0 Å². The number of fused-ring (bicyclic) bond motifs is 1. The first-order chi connectivity index (χ1) is 18.6. The monoisotopic (exact) mass is 516 g/mol. The molecule has 0 spiro atoms. The summed E-state index contributed by atoms with van der Waals surface area (Å²) >= 11 is 0. The fourth-order valence-corrected chi connectivity index (χ4v) is 5.02. The van der Waals surface area contributed by atoms with Crippen LogP contribution in [0.25, 0.3) is 0 Å². The number of imide groups is 1. The van der Waals surface area contributed by atoms with E-state index in [1.165, 1.54) is 4.90 Å². The summed E-state index contributed by atoms with van der Waals surface area (Å²) in [6.45, 7) is 4.96. The van der Waals surface area contributed by atoms with Crippen molar-refractivity contribution in [1.29, 1.82) is 0 Å². The third-order valence-corrected chi connectivity index (χ3v) is 6.82. The molecule has 2 heterocycles. The number of rotatable bonds is 10. The molecule has 3 atom stereocenters. The number of para-hydroxylation sites is 3. The Bertz CT molecular complexity index is 1300. The van der Waals surface area contributed by atoms with Gasteiger partial charge < -0.3 is 14.2 Å². The number of carbonyl (C=O) groups is 2. The summed E-state index contributed by atoms with van der Waals surface area (Å²) in [4.78, 5) is 35.2. The zero-order chi connectivity index (χ0) is 26.6. The van der Waals surface area contributed by atoms with Gasteiger partial charge in [0.25, 0.3) is 5.91 Å². The molecule has 2 aliphatic heterocycles. The Labute approximate surface area is 222 Å². The van der Waals surface area contributed by atoms with Crippen molar-refractivity contribution in [3.05, 3.63) is 78.4 Å². The van der Waals surface area contributed by atoms with Crippen LogP contribution < -0.4 is 24.2 Å². The van der Waals surface area contributed by atoms with Crippen molar-refractivity contribution >= 4 is 23.2 Å². The molecule has 2 amide bonds. The van der Waals surface area contributed by atoms with Crippen molar-refractivity contribution in [2.45, 2.75) is 38.8 Å². The Balaban J connectivity index is 1.55. The molecule has 0 radical (unpaired) electrons. The predicted molar refractivity (Wildman–Crippen MR) is 144 cm³/mol. The molecule has 8 nitrogen and oxygen atoms in total. The van der Waals surface area contributed by atoms with Gasteiger partial charge in [-0.15, -0.1) is 0 Å². The van der Waals surface area contributed by atoms with Gasteiger partial charge >= 0.3 is 0 Å². The minimum Gasteiger partial charge on any atom is -0.493 e. The highest BCUT2D eigenvalue weighted by atomic mass is 16.7. The zero-order valence-electron chi connectivity index (χ0n) is 21.8. The van der Waals surface area contributed by atoms with E-state index >= 15 is 0 Å². The molecular weight excluding hydrogens is 484 g/mol. The Morgan fingerprint density at radius 1 is 0.842 bits per heavy atom. The molecule has 0 N–H and O–H groups in total. The van der Waals surface area contributed by atoms with Gasteiger partial charge in [-0.3, -0.25) is 14.4 Å². The lowest BCUT2D eigenvalue weighted by molar-refractivity contribution is -0.126. The lowest BCUT2D eigenvalue weighted by Crippen LogP contribution is -2.37. The molecule has 3 aromatic rings. The Morgan fingerprint density at radius 3 is 2.34 bits per heavy atom. The summed E-state index contributed by atoms with van der Waals surface area (Å²) in [6, 6.07) is 21.6. The van der Waals surface area contributed by atoms with Crippen molar-refractivity contribution in [1.82, 2.24) is 0 Å². The molecule has 198 valence electrons. The standard InChI is InChI=1S/C30H32N2O6/c1-4-6-18-37-24-17-16-20(19-25(24)35-3)27-26-28(38-32(27)21-12-8-7-9-13-21)30(34)31(29(26)33)22-14-10-11-15-23(22)36-5-2/h7-17,19,26-28H,4-6,18H2,1-3H3/t26-,27+,28+/m0/s1. The number of amides is 2. The lowest BCUT2D eigenvalue weighted by Gasteiger charge is -2.29. The van der Waals surface area contributed by atoms with E-state index in [1.54, 1.807) is 30.4 Å². The number of anilines is 2. The number of ether oxygens (including phenoxy) is 3. The van der Waals surface area contributed by atoms with Crippen LogP contribution in [0.3, 0.4) is 0 Å². The maximum absolute atomic E-state index is 14.0. The maximum atomic E-state index is 14.0. The summed E-state index contributed by atoms with van der Waals surface area (Å²) < 4.78 is 17.3. The van der Waals surface area contributed by atoms with Crippen LogP contribution in [0, 0.1) is 5.92 Å². The van der Waals surface area contributed by atoms with Crippen LogP contribution in [-0.4, -0.2) is 38.2 Å². The van der Waals surface area contributed by atoms with Gasteiger partial charge in [-0.25, -0.2) is 9.96 Å².